The van der Waals surface area contributed by atoms with Crippen molar-refractivity contribution in [1.82, 2.24) is 4.98 Å². The molecule has 16 heavy (non-hydrogen) atoms. The Hall–Kier alpha value is -0.610. The number of methoxy groups -OCH3 is 1. The highest BCUT2D eigenvalue weighted by molar-refractivity contribution is 9.10. The lowest BCUT2D eigenvalue weighted by molar-refractivity contribution is 0.220. The monoisotopic (exact) mass is 284 g/mol. The maximum atomic E-state index is 5.73. The average Bonchev–Trinajstić information content (AvgIpc) is 2.24. The highest BCUT2D eigenvalue weighted by Gasteiger charge is 2.41. The molecule has 1 aliphatic carbocycles. The van der Waals surface area contributed by atoms with E-state index in [0.717, 1.165) is 23.2 Å². The quantitative estimate of drug-likeness (QED) is 0.925. The van der Waals surface area contributed by atoms with Crippen molar-refractivity contribution in [2.45, 2.75) is 31.1 Å². The molecular formula is C12H17BrN2O. The number of ether oxygens (including phenoxy) is 1. The van der Waals surface area contributed by atoms with Gasteiger partial charge in [-0.15, -0.1) is 0 Å². The van der Waals surface area contributed by atoms with Crippen molar-refractivity contribution in [2.24, 2.45) is 5.73 Å². The predicted molar refractivity (Wildman–Crippen MR) is 67.7 cm³/mol. The number of nitrogens with two attached hydrogens (primary N) is 1. The Morgan fingerprint density at radius 1 is 1.50 bits per heavy atom. The van der Waals surface area contributed by atoms with Gasteiger partial charge < -0.3 is 10.5 Å². The second-order valence-corrected chi connectivity index (χ2v) is 5.23. The molecule has 0 spiro atoms. The lowest BCUT2D eigenvalue weighted by Gasteiger charge is -2.43. The fraction of sp³-hybridized carbons (Fsp3) is 0.583. The van der Waals surface area contributed by atoms with Gasteiger partial charge >= 0.3 is 0 Å². The van der Waals surface area contributed by atoms with Crippen LogP contribution in [0.5, 0.6) is 5.75 Å². The molecule has 0 saturated heterocycles. The molecule has 2 rings (SSSR count). The molecule has 88 valence electrons. The van der Waals surface area contributed by atoms with Crippen LogP contribution < -0.4 is 10.5 Å². The molecule has 0 aromatic carbocycles. The molecule has 0 unspecified atom stereocenters. The molecule has 0 radical (unpaired) electrons. The Morgan fingerprint density at radius 3 is 2.75 bits per heavy atom. The molecule has 1 heterocycles. The van der Waals surface area contributed by atoms with Crippen molar-refractivity contribution in [3.8, 4) is 5.75 Å². The highest BCUT2D eigenvalue weighted by atomic mass is 79.9. The van der Waals surface area contributed by atoms with Crippen LogP contribution in [0.3, 0.4) is 0 Å². The van der Waals surface area contributed by atoms with Crippen LogP contribution in [-0.4, -0.2) is 18.6 Å². The molecule has 0 aliphatic heterocycles. The Bertz CT molecular complexity index is 377. The van der Waals surface area contributed by atoms with E-state index >= 15 is 0 Å². The van der Waals surface area contributed by atoms with Crippen LogP contribution in [0.1, 0.15) is 31.2 Å². The number of hydrogen-bond donors (Lipinski definition) is 1. The van der Waals surface area contributed by atoms with Crippen molar-refractivity contribution in [2.75, 3.05) is 13.7 Å². The zero-order valence-electron chi connectivity index (χ0n) is 9.50. The van der Waals surface area contributed by atoms with Gasteiger partial charge in [0.05, 0.1) is 13.3 Å². The molecule has 1 aromatic heterocycles. The van der Waals surface area contributed by atoms with E-state index in [1.54, 1.807) is 13.3 Å². The first-order chi connectivity index (χ1) is 7.73. The zero-order chi connectivity index (χ0) is 11.6. The van der Waals surface area contributed by atoms with Gasteiger partial charge in [0.2, 0.25) is 0 Å². The van der Waals surface area contributed by atoms with Gasteiger partial charge in [-0.25, -0.2) is 0 Å². The number of nitrogens with zero attached hydrogens (tertiary/aromatic N) is 1. The molecule has 1 aliphatic rings. The molecule has 3 nitrogen and oxygen atoms in total. The molecule has 1 aromatic rings. The van der Waals surface area contributed by atoms with Crippen LogP contribution in [0.25, 0.3) is 0 Å². The molecule has 0 amide bonds. The zero-order valence-corrected chi connectivity index (χ0v) is 11.1. The molecule has 0 atom stereocenters. The van der Waals surface area contributed by atoms with E-state index in [0.29, 0.717) is 0 Å². The second-order valence-electron chi connectivity index (χ2n) is 4.37. The number of halogens is 1. The SMILES string of the molecule is COc1cncc(Br)c1C1(CCN)CCC1. The van der Waals surface area contributed by atoms with E-state index in [9.17, 15) is 0 Å². The lowest BCUT2D eigenvalue weighted by atomic mass is 9.62. The normalized spacial score (nSPS) is 17.9. The van der Waals surface area contributed by atoms with Gasteiger partial charge in [0.25, 0.3) is 0 Å². The summed E-state index contributed by atoms with van der Waals surface area (Å²) in [6, 6.07) is 0. The summed E-state index contributed by atoms with van der Waals surface area (Å²) >= 11 is 3.59. The van der Waals surface area contributed by atoms with Crippen molar-refractivity contribution in [3.63, 3.8) is 0 Å². The molecule has 2 N–H and O–H groups in total. The minimum absolute atomic E-state index is 0.210. The summed E-state index contributed by atoms with van der Waals surface area (Å²) in [7, 11) is 1.70. The van der Waals surface area contributed by atoms with Crippen LogP contribution in [0.15, 0.2) is 16.9 Å². The maximum absolute atomic E-state index is 5.73. The predicted octanol–water partition coefficient (Wildman–Crippen LogP) is 2.62. The maximum Gasteiger partial charge on any atom is 0.142 e. The smallest absolute Gasteiger partial charge is 0.142 e. The standard InChI is InChI=1S/C12H17BrN2O/c1-16-10-8-15-7-9(13)11(10)12(5-6-14)3-2-4-12/h7-8H,2-6,14H2,1H3. The first kappa shape index (κ1) is 11.9. The third-order valence-electron chi connectivity index (χ3n) is 3.55. The largest absolute Gasteiger partial charge is 0.495 e. The summed E-state index contributed by atoms with van der Waals surface area (Å²) < 4.78 is 6.46. The average molecular weight is 285 g/mol. The van der Waals surface area contributed by atoms with Crippen LogP contribution in [0.2, 0.25) is 0 Å². The second kappa shape index (κ2) is 4.72. The van der Waals surface area contributed by atoms with Crippen molar-refractivity contribution >= 4 is 15.9 Å². The molecular weight excluding hydrogens is 268 g/mol. The summed E-state index contributed by atoms with van der Waals surface area (Å²) in [4.78, 5) is 4.14. The Labute approximate surface area is 105 Å². The van der Waals surface area contributed by atoms with Crippen LogP contribution >= 0.6 is 15.9 Å². The van der Waals surface area contributed by atoms with Crippen LogP contribution in [-0.2, 0) is 5.41 Å². The Balaban J connectivity index is 2.44. The summed E-state index contributed by atoms with van der Waals surface area (Å²) in [5, 5.41) is 0. The summed E-state index contributed by atoms with van der Waals surface area (Å²) in [5.74, 6) is 0.877. The van der Waals surface area contributed by atoms with E-state index in [1.165, 1.54) is 24.8 Å². The number of pyridine rings is 1. The van der Waals surface area contributed by atoms with E-state index in [-0.39, 0.29) is 5.41 Å². The number of aromatic nitrogens is 1. The van der Waals surface area contributed by atoms with Gasteiger partial charge in [-0.1, -0.05) is 6.42 Å². The molecule has 1 saturated carbocycles. The topological polar surface area (TPSA) is 48.1 Å². The van der Waals surface area contributed by atoms with Gasteiger partial charge in [0.1, 0.15) is 5.75 Å². The first-order valence-electron chi connectivity index (χ1n) is 5.61. The minimum atomic E-state index is 0.210. The fourth-order valence-corrected chi connectivity index (χ4v) is 3.33. The molecule has 1 fully saturated rings. The van der Waals surface area contributed by atoms with Crippen molar-refractivity contribution in [3.05, 3.63) is 22.4 Å². The third-order valence-corrected chi connectivity index (χ3v) is 4.15. The van der Waals surface area contributed by atoms with E-state index in [2.05, 4.69) is 20.9 Å². The summed E-state index contributed by atoms with van der Waals surface area (Å²) in [6.45, 7) is 0.720. The van der Waals surface area contributed by atoms with Gasteiger partial charge in [-0.3, -0.25) is 4.98 Å². The Kier molecular flexibility index (Phi) is 3.50. The van der Waals surface area contributed by atoms with E-state index in [4.69, 9.17) is 10.5 Å². The van der Waals surface area contributed by atoms with Gasteiger partial charge in [0, 0.05) is 21.6 Å². The third kappa shape index (κ3) is 1.84. The van der Waals surface area contributed by atoms with Crippen LogP contribution in [0, 0.1) is 0 Å². The van der Waals surface area contributed by atoms with Crippen molar-refractivity contribution in [1.29, 1.82) is 0 Å². The Morgan fingerprint density at radius 2 is 2.25 bits per heavy atom. The van der Waals surface area contributed by atoms with Gasteiger partial charge in [-0.05, 0) is 41.7 Å². The van der Waals surface area contributed by atoms with Crippen LogP contribution in [0.4, 0.5) is 0 Å². The minimum Gasteiger partial charge on any atom is -0.495 e. The van der Waals surface area contributed by atoms with E-state index < -0.39 is 0 Å². The first-order valence-corrected chi connectivity index (χ1v) is 6.41. The number of hydrogen-bond acceptors (Lipinski definition) is 3. The summed E-state index contributed by atoms with van der Waals surface area (Å²) in [5.41, 5.74) is 7.19. The fourth-order valence-electron chi connectivity index (χ4n) is 2.59. The molecule has 4 heteroatoms. The van der Waals surface area contributed by atoms with Gasteiger partial charge in [-0.2, -0.15) is 0 Å². The molecule has 0 bridgehead atoms. The number of rotatable bonds is 4. The van der Waals surface area contributed by atoms with Gasteiger partial charge in [0.15, 0.2) is 0 Å². The highest BCUT2D eigenvalue weighted by Crippen LogP contribution is 2.51. The lowest BCUT2D eigenvalue weighted by Crippen LogP contribution is -2.37. The van der Waals surface area contributed by atoms with E-state index in [1.807, 2.05) is 6.20 Å². The summed E-state index contributed by atoms with van der Waals surface area (Å²) in [6.07, 6.45) is 8.32. The van der Waals surface area contributed by atoms with Crippen molar-refractivity contribution < 1.29 is 4.74 Å².